The molecule has 0 saturated carbocycles. The zero-order valence-electron chi connectivity index (χ0n) is 21.1. The van der Waals surface area contributed by atoms with E-state index in [0.717, 1.165) is 56.8 Å². The molecule has 0 radical (unpaired) electrons. The van der Waals surface area contributed by atoms with E-state index in [9.17, 15) is 9.59 Å². The van der Waals surface area contributed by atoms with Gasteiger partial charge in [0.1, 0.15) is 5.75 Å². The molecule has 194 valence electrons. The first-order valence-corrected chi connectivity index (χ1v) is 13.7. The maximum absolute atomic E-state index is 12.8. The SMILES string of the molecule is CCC(C)C(=O)N1C(=O)CCc2ccc(OCCCCN3CCN(c4cccc(Cl)c4Cl)CC3)cc21. The summed E-state index contributed by atoms with van der Waals surface area (Å²) in [5.74, 6) is 0.271. The minimum atomic E-state index is -0.186. The topological polar surface area (TPSA) is 53.1 Å². The molecule has 2 aromatic carbocycles. The van der Waals surface area contributed by atoms with Gasteiger partial charge in [0.05, 0.1) is 28.0 Å². The Morgan fingerprint density at radius 3 is 2.56 bits per heavy atom. The van der Waals surface area contributed by atoms with E-state index >= 15 is 0 Å². The number of halogens is 2. The number of imide groups is 1. The lowest BCUT2D eigenvalue weighted by Gasteiger charge is -2.36. The molecule has 0 N–H and O–H groups in total. The number of anilines is 2. The van der Waals surface area contributed by atoms with Gasteiger partial charge in [-0.15, -0.1) is 0 Å². The summed E-state index contributed by atoms with van der Waals surface area (Å²) < 4.78 is 6.01. The summed E-state index contributed by atoms with van der Waals surface area (Å²) in [6.45, 7) is 9.29. The van der Waals surface area contributed by atoms with Crippen LogP contribution in [0, 0.1) is 5.92 Å². The Bertz CT molecular complexity index is 1090. The van der Waals surface area contributed by atoms with Gasteiger partial charge in [0.15, 0.2) is 0 Å². The molecule has 0 spiro atoms. The third-order valence-electron chi connectivity index (χ3n) is 7.19. The number of carbonyl (C=O) groups is 2. The number of fused-ring (bicyclic) bond motifs is 1. The Labute approximate surface area is 224 Å². The largest absolute Gasteiger partial charge is 0.494 e. The second-order valence-electron chi connectivity index (χ2n) is 9.62. The molecule has 2 aromatic rings. The average Bonchev–Trinajstić information content (AvgIpc) is 2.89. The van der Waals surface area contributed by atoms with Crippen LogP contribution < -0.4 is 14.5 Å². The number of nitrogens with zero attached hydrogens (tertiary/aromatic N) is 3. The van der Waals surface area contributed by atoms with E-state index in [2.05, 4.69) is 9.80 Å². The standard InChI is InChI=1S/C28H35Cl2N3O3/c1-3-20(2)28(35)33-25-19-22(11-9-21(25)10-12-26(33)34)36-18-5-4-13-31-14-16-32(17-15-31)24-8-6-7-23(29)27(24)30/h6-9,11,19-20H,3-5,10,12-18H2,1-2H3. The Balaban J connectivity index is 1.23. The minimum Gasteiger partial charge on any atom is -0.494 e. The summed E-state index contributed by atoms with van der Waals surface area (Å²) >= 11 is 12.6. The van der Waals surface area contributed by atoms with Crippen LogP contribution in [0.25, 0.3) is 0 Å². The summed E-state index contributed by atoms with van der Waals surface area (Å²) in [4.78, 5) is 31.5. The van der Waals surface area contributed by atoms with E-state index in [1.807, 2.05) is 50.2 Å². The van der Waals surface area contributed by atoms with Crippen LogP contribution in [0.4, 0.5) is 11.4 Å². The van der Waals surface area contributed by atoms with Crippen molar-refractivity contribution in [3.63, 3.8) is 0 Å². The van der Waals surface area contributed by atoms with Crippen molar-refractivity contribution in [1.82, 2.24) is 4.90 Å². The molecule has 1 atom stereocenters. The number of hydrogen-bond donors (Lipinski definition) is 0. The maximum atomic E-state index is 12.8. The van der Waals surface area contributed by atoms with E-state index < -0.39 is 0 Å². The van der Waals surface area contributed by atoms with Gasteiger partial charge in [-0.05, 0) is 56.0 Å². The fourth-order valence-electron chi connectivity index (χ4n) is 4.75. The zero-order chi connectivity index (χ0) is 25.7. The Morgan fingerprint density at radius 1 is 1.03 bits per heavy atom. The molecule has 1 unspecified atom stereocenters. The highest BCUT2D eigenvalue weighted by Gasteiger charge is 2.32. The number of piperazine rings is 1. The fraction of sp³-hybridized carbons (Fsp3) is 0.500. The third-order valence-corrected chi connectivity index (χ3v) is 8.00. The maximum Gasteiger partial charge on any atom is 0.236 e. The fourth-order valence-corrected chi connectivity index (χ4v) is 5.17. The molecule has 2 heterocycles. The summed E-state index contributed by atoms with van der Waals surface area (Å²) in [6, 6.07) is 11.6. The zero-order valence-corrected chi connectivity index (χ0v) is 22.7. The van der Waals surface area contributed by atoms with Crippen LogP contribution in [0.5, 0.6) is 5.75 Å². The summed E-state index contributed by atoms with van der Waals surface area (Å²) in [5, 5.41) is 1.22. The highest BCUT2D eigenvalue weighted by Crippen LogP contribution is 2.34. The van der Waals surface area contributed by atoms with E-state index in [1.54, 1.807) is 0 Å². The van der Waals surface area contributed by atoms with Crippen molar-refractivity contribution in [2.24, 2.45) is 5.92 Å². The molecular weight excluding hydrogens is 497 g/mol. The Hall–Kier alpha value is -2.28. The van der Waals surface area contributed by atoms with Gasteiger partial charge in [-0.3, -0.25) is 14.5 Å². The van der Waals surface area contributed by atoms with Gasteiger partial charge < -0.3 is 9.64 Å². The number of ether oxygens (including phenoxy) is 1. The van der Waals surface area contributed by atoms with Crippen LogP contribution in [-0.2, 0) is 16.0 Å². The molecule has 0 aromatic heterocycles. The molecule has 2 aliphatic heterocycles. The first-order valence-electron chi connectivity index (χ1n) is 12.9. The van der Waals surface area contributed by atoms with Crippen LogP contribution in [0.3, 0.4) is 0 Å². The number of benzene rings is 2. The van der Waals surface area contributed by atoms with Crippen molar-refractivity contribution in [3.05, 3.63) is 52.0 Å². The van der Waals surface area contributed by atoms with Crippen LogP contribution in [-0.4, -0.2) is 56.0 Å². The van der Waals surface area contributed by atoms with Gasteiger partial charge in [-0.25, -0.2) is 4.90 Å². The van der Waals surface area contributed by atoms with Gasteiger partial charge in [-0.1, -0.05) is 49.2 Å². The normalized spacial score (nSPS) is 17.2. The quantitative estimate of drug-likeness (QED) is 0.381. The third kappa shape index (κ3) is 6.16. The molecule has 36 heavy (non-hydrogen) atoms. The van der Waals surface area contributed by atoms with Crippen LogP contribution in [0.2, 0.25) is 10.0 Å². The van der Waals surface area contributed by atoms with E-state index in [-0.39, 0.29) is 17.7 Å². The monoisotopic (exact) mass is 531 g/mol. The molecule has 0 bridgehead atoms. The second kappa shape index (κ2) is 12.3. The van der Waals surface area contributed by atoms with Gasteiger partial charge in [-0.2, -0.15) is 0 Å². The number of carbonyl (C=O) groups excluding carboxylic acids is 2. The number of aryl methyl sites for hydroxylation is 1. The van der Waals surface area contributed by atoms with Crippen molar-refractivity contribution in [2.75, 3.05) is 49.1 Å². The lowest BCUT2D eigenvalue weighted by atomic mass is 9.98. The summed E-state index contributed by atoms with van der Waals surface area (Å²) in [6.07, 6.45) is 3.72. The van der Waals surface area contributed by atoms with Gasteiger partial charge in [0.2, 0.25) is 11.8 Å². The lowest BCUT2D eigenvalue weighted by molar-refractivity contribution is -0.128. The first kappa shape index (κ1) is 26.8. The van der Waals surface area contributed by atoms with E-state index in [1.165, 1.54) is 4.90 Å². The van der Waals surface area contributed by atoms with E-state index in [0.29, 0.717) is 47.4 Å². The number of rotatable bonds is 9. The Kier molecular flexibility index (Phi) is 9.15. The molecular formula is C28H35Cl2N3O3. The van der Waals surface area contributed by atoms with Crippen molar-refractivity contribution in [3.8, 4) is 5.75 Å². The molecule has 1 saturated heterocycles. The summed E-state index contributed by atoms with van der Waals surface area (Å²) in [5.41, 5.74) is 2.72. The molecule has 6 nitrogen and oxygen atoms in total. The first-order chi connectivity index (χ1) is 17.4. The predicted octanol–water partition coefficient (Wildman–Crippen LogP) is 5.83. The minimum absolute atomic E-state index is 0.123. The highest BCUT2D eigenvalue weighted by atomic mass is 35.5. The molecule has 4 rings (SSSR count). The molecule has 2 amide bonds. The van der Waals surface area contributed by atoms with E-state index in [4.69, 9.17) is 27.9 Å². The van der Waals surface area contributed by atoms with Crippen molar-refractivity contribution < 1.29 is 14.3 Å². The predicted molar refractivity (Wildman–Crippen MR) is 147 cm³/mol. The number of hydrogen-bond acceptors (Lipinski definition) is 5. The second-order valence-corrected chi connectivity index (χ2v) is 10.4. The van der Waals surface area contributed by atoms with Crippen LogP contribution >= 0.6 is 23.2 Å². The summed E-state index contributed by atoms with van der Waals surface area (Å²) in [7, 11) is 0. The number of amides is 2. The highest BCUT2D eigenvalue weighted by molar-refractivity contribution is 6.43. The van der Waals surface area contributed by atoms with Crippen molar-refractivity contribution in [1.29, 1.82) is 0 Å². The lowest BCUT2D eigenvalue weighted by Crippen LogP contribution is -2.46. The van der Waals surface area contributed by atoms with Crippen molar-refractivity contribution in [2.45, 2.75) is 46.0 Å². The molecule has 1 fully saturated rings. The van der Waals surface area contributed by atoms with Gasteiger partial charge >= 0.3 is 0 Å². The number of unbranched alkanes of at least 4 members (excludes halogenated alkanes) is 1. The molecule has 8 heteroatoms. The van der Waals surface area contributed by atoms with Gasteiger partial charge in [0, 0.05) is 44.6 Å². The Morgan fingerprint density at radius 2 is 1.81 bits per heavy atom. The average molecular weight is 533 g/mol. The molecule has 2 aliphatic rings. The smallest absolute Gasteiger partial charge is 0.236 e. The van der Waals surface area contributed by atoms with Crippen LogP contribution in [0.15, 0.2) is 36.4 Å². The van der Waals surface area contributed by atoms with Gasteiger partial charge in [0.25, 0.3) is 0 Å². The molecule has 0 aliphatic carbocycles. The van der Waals surface area contributed by atoms with Crippen molar-refractivity contribution >= 4 is 46.4 Å². The van der Waals surface area contributed by atoms with Crippen LogP contribution in [0.1, 0.15) is 45.1 Å².